The molecule has 1 amide bonds. The fourth-order valence-corrected chi connectivity index (χ4v) is 4.55. The van der Waals surface area contributed by atoms with E-state index in [0.29, 0.717) is 23.5 Å². The van der Waals surface area contributed by atoms with Gasteiger partial charge in [-0.1, -0.05) is 0 Å². The molecule has 0 bridgehead atoms. The molecule has 1 heterocycles. The van der Waals surface area contributed by atoms with E-state index in [2.05, 4.69) is 0 Å². The van der Waals surface area contributed by atoms with Crippen LogP contribution in [-0.4, -0.2) is 38.5 Å². The van der Waals surface area contributed by atoms with Crippen LogP contribution >= 0.6 is 19.7 Å². The maximum atomic E-state index is 14.2. The lowest BCUT2D eigenvalue weighted by atomic mass is 10.1. The molecule has 0 aliphatic carbocycles. The fraction of sp³-hybridized carbons (Fsp3) is 0.333. The minimum Gasteiger partial charge on any atom is -0.492 e. The molecular weight excluding hydrogens is 421 g/mol. The van der Waals surface area contributed by atoms with Crippen molar-refractivity contribution in [2.45, 2.75) is 12.1 Å². The van der Waals surface area contributed by atoms with Crippen molar-refractivity contribution in [1.29, 1.82) is 5.26 Å². The molecule has 146 valence electrons. The molecule has 0 fully saturated rings. The molecule has 0 spiro atoms. The van der Waals surface area contributed by atoms with Crippen molar-refractivity contribution >= 4 is 46.5 Å². The number of nitrogens with two attached hydrogens (primary N) is 1. The first-order chi connectivity index (χ1) is 12.6. The van der Waals surface area contributed by atoms with E-state index < -0.39 is 41.2 Å². The Balaban J connectivity index is 2.61. The molecule has 7 nitrogen and oxygen atoms in total. The van der Waals surface area contributed by atoms with Crippen LogP contribution in [0.4, 0.5) is 8.78 Å². The van der Waals surface area contributed by atoms with Gasteiger partial charge in [-0.25, -0.2) is 0 Å². The standard InChI is InChI=1S/C15H15F2N2O5PS2/c1-27(23)4-2-3-24-11-6-8(14(19)20)5-9-10(7-18)13(26-12(9)11)15(16,17)25(21)22/h5-6,21-22H,2-4H2,1H3,(H2,19,20). The molecule has 1 unspecified atom stereocenters. The highest BCUT2D eigenvalue weighted by molar-refractivity contribution is 7.84. The van der Waals surface area contributed by atoms with Gasteiger partial charge < -0.3 is 20.3 Å². The van der Waals surface area contributed by atoms with Gasteiger partial charge >= 0.3 is 5.66 Å². The number of ether oxygens (including phenoxy) is 1. The number of halogens is 2. The van der Waals surface area contributed by atoms with E-state index in [-0.39, 0.29) is 28.0 Å². The summed E-state index contributed by atoms with van der Waals surface area (Å²) in [5.41, 5.74) is 0.722. The molecule has 0 saturated heterocycles. The lowest BCUT2D eigenvalue weighted by Crippen LogP contribution is -2.11. The maximum absolute atomic E-state index is 14.2. The van der Waals surface area contributed by atoms with Crippen molar-refractivity contribution in [3.05, 3.63) is 28.1 Å². The maximum Gasteiger partial charge on any atom is 0.349 e. The first-order valence-corrected chi connectivity index (χ1v) is 11.2. The Bertz CT molecular complexity index is 942. The third kappa shape index (κ3) is 4.59. The predicted octanol–water partition coefficient (Wildman–Crippen LogP) is 2.37. The number of primary amides is 1. The molecule has 0 aliphatic rings. The highest BCUT2D eigenvalue weighted by atomic mass is 32.2. The average Bonchev–Trinajstić information content (AvgIpc) is 2.97. The highest BCUT2D eigenvalue weighted by Gasteiger charge is 2.45. The van der Waals surface area contributed by atoms with Crippen LogP contribution in [-0.2, 0) is 16.5 Å². The molecule has 0 radical (unpaired) electrons. The number of nitriles is 1. The normalized spacial score (nSPS) is 12.9. The summed E-state index contributed by atoms with van der Waals surface area (Å²) in [6, 6.07) is 4.09. The summed E-state index contributed by atoms with van der Waals surface area (Å²) in [6.45, 7) is 0.106. The summed E-state index contributed by atoms with van der Waals surface area (Å²) >= 11 is 0.482. The van der Waals surface area contributed by atoms with E-state index in [9.17, 15) is 23.0 Å². The first-order valence-electron chi connectivity index (χ1n) is 7.39. The largest absolute Gasteiger partial charge is 0.492 e. The second-order valence-corrected chi connectivity index (χ2v) is 9.16. The van der Waals surface area contributed by atoms with E-state index in [1.165, 1.54) is 18.4 Å². The van der Waals surface area contributed by atoms with Crippen LogP contribution in [0.3, 0.4) is 0 Å². The molecule has 4 N–H and O–H groups in total. The second kappa shape index (κ2) is 8.54. The van der Waals surface area contributed by atoms with Crippen LogP contribution in [0, 0.1) is 11.3 Å². The van der Waals surface area contributed by atoms with Gasteiger partial charge in [-0.2, -0.15) is 14.0 Å². The van der Waals surface area contributed by atoms with Crippen LogP contribution in [0.1, 0.15) is 27.2 Å². The number of benzene rings is 1. The van der Waals surface area contributed by atoms with E-state index >= 15 is 0 Å². The molecule has 0 aliphatic heterocycles. The number of alkyl halides is 2. The van der Waals surface area contributed by atoms with Crippen molar-refractivity contribution in [2.24, 2.45) is 5.73 Å². The SMILES string of the molecule is CS(=O)CCCOc1cc(C(N)=O)cc2c(C#N)c(C(F)(F)P(O)O)sc12. The summed E-state index contributed by atoms with van der Waals surface area (Å²) in [7, 11) is -4.70. The van der Waals surface area contributed by atoms with Crippen molar-refractivity contribution in [2.75, 3.05) is 18.6 Å². The molecule has 1 atom stereocenters. The third-order valence-corrected chi connectivity index (χ3v) is 6.54. The zero-order valence-corrected chi connectivity index (χ0v) is 16.5. The molecule has 1 aromatic heterocycles. The number of hydrogen-bond acceptors (Lipinski definition) is 7. The smallest absolute Gasteiger partial charge is 0.349 e. The zero-order valence-electron chi connectivity index (χ0n) is 13.9. The summed E-state index contributed by atoms with van der Waals surface area (Å²) in [6.07, 6.45) is 1.95. The van der Waals surface area contributed by atoms with Crippen LogP contribution in [0.2, 0.25) is 0 Å². The van der Waals surface area contributed by atoms with Gasteiger partial charge in [-0.3, -0.25) is 9.00 Å². The third-order valence-electron chi connectivity index (χ3n) is 3.51. The number of hydrogen-bond donors (Lipinski definition) is 3. The van der Waals surface area contributed by atoms with Crippen molar-refractivity contribution in [3.63, 3.8) is 0 Å². The summed E-state index contributed by atoms with van der Waals surface area (Å²) < 4.78 is 45.1. The Morgan fingerprint density at radius 1 is 1.48 bits per heavy atom. The monoisotopic (exact) mass is 436 g/mol. The molecule has 27 heavy (non-hydrogen) atoms. The minimum atomic E-state index is -4.02. The van der Waals surface area contributed by atoms with Crippen LogP contribution in [0.15, 0.2) is 12.1 Å². The van der Waals surface area contributed by atoms with Gasteiger partial charge in [0.15, 0.2) is 0 Å². The highest BCUT2D eigenvalue weighted by Crippen LogP contribution is 2.57. The lowest BCUT2D eigenvalue weighted by molar-refractivity contribution is 0.0770. The van der Waals surface area contributed by atoms with E-state index in [4.69, 9.17) is 20.3 Å². The number of rotatable bonds is 8. The molecule has 2 rings (SSSR count). The quantitative estimate of drug-likeness (QED) is 0.430. The van der Waals surface area contributed by atoms with Gasteiger partial charge in [-0.15, -0.1) is 11.3 Å². The van der Waals surface area contributed by atoms with Crippen molar-refractivity contribution in [3.8, 4) is 11.8 Å². The molecule has 12 heteroatoms. The van der Waals surface area contributed by atoms with E-state index in [1.807, 2.05) is 0 Å². The topological polar surface area (TPSA) is 134 Å². The fourth-order valence-electron chi connectivity index (χ4n) is 2.28. The Kier molecular flexibility index (Phi) is 6.83. The zero-order chi connectivity index (χ0) is 20.4. The number of carbonyl (C=O) groups excluding carboxylic acids is 1. The lowest BCUT2D eigenvalue weighted by Gasteiger charge is -2.15. The van der Waals surface area contributed by atoms with Gasteiger partial charge in [0.2, 0.25) is 14.3 Å². The Morgan fingerprint density at radius 2 is 2.15 bits per heavy atom. The molecule has 2 aromatic rings. The minimum absolute atomic E-state index is 0.0133. The van der Waals surface area contributed by atoms with Gasteiger partial charge in [0.05, 0.1) is 16.9 Å². The number of thiophene rings is 1. The summed E-state index contributed by atoms with van der Waals surface area (Å²) in [5, 5.41) is 9.34. The Hall–Kier alpha value is -1.70. The number of fused-ring (bicyclic) bond motifs is 1. The van der Waals surface area contributed by atoms with Gasteiger partial charge in [-0.05, 0) is 18.6 Å². The summed E-state index contributed by atoms with van der Waals surface area (Å²) in [5.74, 6) is -0.409. The first kappa shape index (κ1) is 21.6. The van der Waals surface area contributed by atoms with Gasteiger partial charge in [0.1, 0.15) is 16.7 Å². The molecule has 1 aromatic carbocycles. The van der Waals surface area contributed by atoms with Crippen LogP contribution in [0.25, 0.3) is 10.1 Å². The second-order valence-electron chi connectivity index (χ2n) is 5.44. The summed E-state index contributed by atoms with van der Waals surface area (Å²) in [4.78, 5) is 28.8. The van der Waals surface area contributed by atoms with Crippen LogP contribution < -0.4 is 10.5 Å². The molecule has 0 saturated carbocycles. The van der Waals surface area contributed by atoms with Crippen molar-refractivity contribution in [1.82, 2.24) is 0 Å². The Morgan fingerprint density at radius 3 is 2.67 bits per heavy atom. The Labute approximate surface area is 160 Å². The number of nitrogens with zero attached hydrogens (tertiary/aromatic N) is 1. The van der Waals surface area contributed by atoms with E-state index in [0.717, 1.165) is 0 Å². The van der Waals surface area contributed by atoms with Gasteiger partial charge in [0.25, 0.3) is 0 Å². The average molecular weight is 436 g/mol. The van der Waals surface area contributed by atoms with Gasteiger partial charge in [0, 0.05) is 33.8 Å². The molecular formula is C15H15F2N2O5PS2. The predicted molar refractivity (Wildman–Crippen MR) is 99.4 cm³/mol. The van der Waals surface area contributed by atoms with Crippen molar-refractivity contribution < 1.29 is 32.3 Å². The van der Waals surface area contributed by atoms with Crippen LogP contribution in [0.5, 0.6) is 5.75 Å². The number of amides is 1. The number of carbonyl (C=O) groups is 1. The van der Waals surface area contributed by atoms with E-state index in [1.54, 1.807) is 6.07 Å².